The summed E-state index contributed by atoms with van der Waals surface area (Å²) in [6.07, 6.45) is 5.56. The number of ether oxygens (including phenoxy) is 1. The van der Waals surface area contributed by atoms with Crippen LogP contribution in [0.15, 0.2) is 55.0 Å². The fraction of sp³-hybridized carbons (Fsp3) is 0.323. The zero-order valence-corrected chi connectivity index (χ0v) is 27.0. The average Bonchev–Trinajstić information content (AvgIpc) is 3.73. The van der Waals surface area contributed by atoms with Crippen LogP contribution in [0.3, 0.4) is 0 Å². The molecule has 0 radical (unpaired) electrons. The van der Waals surface area contributed by atoms with Crippen molar-refractivity contribution < 1.29 is 13.9 Å². The lowest BCUT2D eigenvalue weighted by Crippen LogP contribution is -2.34. The molecule has 1 aromatic carbocycles. The van der Waals surface area contributed by atoms with Crippen molar-refractivity contribution in [2.24, 2.45) is 5.73 Å². The number of thiophene rings is 1. The number of aromatic nitrogens is 5. The number of hydrogen-bond donors (Lipinski definition) is 2. The molecule has 3 N–H and O–H groups in total. The van der Waals surface area contributed by atoms with Gasteiger partial charge in [-0.25, -0.2) is 19.3 Å². The summed E-state index contributed by atoms with van der Waals surface area (Å²) in [5, 5.41) is 2.79. The number of fused-ring (bicyclic) bond motifs is 1. The minimum absolute atomic E-state index is 0.0624. The largest absolute Gasteiger partial charge is 0.473 e. The molecule has 0 atom stereocenters. The summed E-state index contributed by atoms with van der Waals surface area (Å²) in [7, 11) is 0. The second-order valence-electron chi connectivity index (χ2n) is 10.9. The molecule has 1 saturated heterocycles. The molecule has 0 unspecified atom stereocenters. The number of amides is 1. The van der Waals surface area contributed by atoms with Crippen molar-refractivity contribution in [3.8, 4) is 5.88 Å². The summed E-state index contributed by atoms with van der Waals surface area (Å²) in [4.78, 5) is 30.3. The molecule has 45 heavy (non-hydrogen) atoms. The van der Waals surface area contributed by atoms with Crippen LogP contribution in [0.1, 0.15) is 58.1 Å². The lowest BCUT2D eigenvalue weighted by Gasteiger charge is -2.31. The van der Waals surface area contributed by atoms with E-state index in [0.29, 0.717) is 34.4 Å². The first-order valence-corrected chi connectivity index (χ1v) is 16.2. The minimum atomic E-state index is -0.398. The zero-order chi connectivity index (χ0) is 31.5. The number of halogens is 2. The number of nitrogens with two attached hydrogens (primary N) is 1. The zero-order valence-electron chi connectivity index (χ0n) is 24.6. The number of likely N-dealkylation sites (tertiary alicyclic amines) is 1. The monoisotopic (exact) mass is 666 g/mol. The Labute approximate surface area is 274 Å². The molecule has 234 valence electrons. The van der Waals surface area contributed by atoms with Crippen LogP contribution in [-0.2, 0) is 26.2 Å². The van der Waals surface area contributed by atoms with Crippen LogP contribution in [0.25, 0.3) is 10.3 Å². The molecule has 1 amide bonds. The molecule has 0 spiro atoms. The molecule has 1 aliphatic rings. The number of piperidine rings is 1. The summed E-state index contributed by atoms with van der Waals surface area (Å²) >= 11 is 12.0. The van der Waals surface area contributed by atoms with E-state index in [0.717, 1.165) is 60.0 Å². The molecule has 6 rings (SSSR count). The van der Waals surface area contributed by atoms with Gasteiger partial charge in [-0.3, -0.25) is 15.0 Å². The van der Waals surface area contributed by atoms with E-state index in [4.69, 9.17) is 44.3 Å². The Hall–Kier alpha value is -3.91. The van der Waals surface area contributed by atoms with Crippen LogP contribution in [-0.4, -0.2) is 53.1 Å². The summed E-state index contributed by atoms with van der Waals surface area (Å²) in [5.41, 5.74) is 8.87. The Morgan fingerprint density at radius 2 is 2.02 bits per heavy atom. The Balaban J connectivity index is 1.14. The van der Waals surface area contributed by atoms with Crippen molar-refractivity contribution in [2.45, 2.75) is 51.9 Å². The molecule has 10 nitrogen and oxygen atoms in total. The highest BCUT2D eigenvalue weighted by Gasteiger charge is 2.25. The molecule has 4 aromatic heterocycles. The number of rotatable bonds is 10. The minimum Gasteiger partial charge on any atom is -0.473 e. The third kappa shape index (κ3) is 7.17. The van der Waals surface area contributed by atoms with Gasteiger partial charge in [0.1, 0.15) is 23.1 Å². The van der Waals surface area contributed by atoms with E-state index in [1.165, 1.54) is 17.4 Å². The van der Waals surface area contributed by atoms with Gasteiger partial charge in [0.15, 0.2) is 5.11 Å². The Kier molecular flexibility index (Phi) is 9.40. The van der Waals surface area contributed by atoms with Gasteiger partial charge in [-0.15, -0.1) is 11.3 Å². The Morgan fingerprint density at radius 1 is 1.20 bits per heavy atom. The number of benzene rings is 1. The molecule has 5 aromatic rings. The van der Waals surface area contributed by atoms with Gasteiger partial charge in [-0.1, -0.05) is 23.7 Å². The molecule has 0 aliphatic carbocycles. The Bertz CT molecular complexity index is 1850. The van der Waals surface area contributed by atoms with Gasteiger partial charge in [0.2, 0.25) is 5.88 Å². The number of nitrogens with one attached hydrogen (secondary N) is 1. The number of carbonyl (C=O) groups is 1. The van der Waals surface area contributed by atoms with Crippen molar-refractivity contribution in [3.63, 3.8) is 0 Å². The highest BCUT2D eigenvalue weighted by atomic mass is 35.5. The molecule has 5 heterocycles. The number of imidazole rings is 2. The SMILES string of the molecule is CCn1cncc1Cn1c(CN2CCC(c3cccc(OCc4ccc(Cl)cc4F)n3)CC2)nc2sc(C(=O)NC(N)=S)cc21. The number of aryl methyl sites for hydroxylation is 1. The molecular formula is C31H32ClFN8O2S2. The molecule has 0 saturated carbocycles. The second kappa shape index (κ2) is 13.6. The number of hydrogen-bond acceptors (Lipinski definition) is 8. The lowest BCUT2D eigenvalue weighted by atomic mass is 9.93. The number of nitrogens with zero attached hydrogens (tertiary/aromatic N) is 6. The van der Waals surface area contributed by atoms with Gasteiger partial charge in [0, 0.05) is 41.0 Å². The molecule has 14 heteroatoms. The summed E-state index contributed by atoms with van der Waals surface area (Å²) in [5.74, 6) is 0.958. The van der Waals surface area contributed by atoms with Crippen LogP contribution >= 0.6 is 35.2 Å². The molecule has 0 bridgehead atoms. The normalized spacial score (nSPS) is 14.2. The van der Waals surface area contributed by atoms with Gasteiger partial charge in [0.05, 0.1) is 35.5 Å². The number of pyridine rings is 1. The number of carbonyl (C=O) groups excluding carboxylic acids is 1. The maximum atomic E-state index is 14.2. The highest BCUT2D eigenvalue weighted by Crippen LogP contribution is 2.31. The molecule has 1 fully saturated rings. The van der Waals surface area contributed by atoms with Gasteiger partial charge in [-0.05, 0) is 69.3 Å². The fourth-order valence-corrected chi connectivity index (χ4v) is 6.79. The van der Waals surface area contributed by atoms with Crippen LogP contribution in [0.4, 0.5) is 4.39 Å². The van der Waals surface area contributed by atoms with Crippen molar-refractivity contribution in [1.82, 2.24) is 34.3 Å². The van der Waals surface area contributed by atoms with Crippen LogP contribution < -0.4 is 15.8 Å². The predicted octanol–water partition coefficient (Wildman–Crippen LogP) is 5.48. The average molecular weight is 667 g/mol. The maximum absolute atomic E-state index is 14.2. The first kappa shape index (κ1) is 31.1. The first-order valence-electron chi connectivity index (χ1n) is 14.6. The van der Waals surface area contributed by atoms with Crippen LogP contribution in [0, 0.1) is 5.82 Å². The van der Waals surface area contributed by atoms with E-state index < -0.39 is 5.82 Å². The smallest absolute Gasteiger partial charge is 0.267 e. The topological polar surface area (TPSA) is 116 Å². The Morgan fingerprint density at radius 3 is 2.78 bits per heavy atom. The van der Waals surface area contributed by atoms with Gasteiger partial charge in [-0.2, -0.15) is 0 Å². The van der Waals surface area contributed by atoms with Crippen LogP contribution in [0.5, 0.6) is 5.88 Å². The third-order valence-electron chi connectivity index (χ3n) is 7.95. The van der Waals surface area contributed by atoms with Gasteiger partial charge < -0.3 is 19.6 Å². The first-order chi connectivity index (χ1) is 21.8. The van der Waals surface area contributed by atoms with Crippen LogP contribution in [0.2, 0.25) is 5.02 Å². The van der Waals surface area contributed by atoms with E-state index in [1.54, 1.807) is 18.2 Å². The van der Waals surface area contributed by atoms with Crippen molar-refractivity contribution in [3.05, 3.63) is 93.5 Å². The second-order valence-corrected chi connectivity index (χ2v) is 12.8. The van der Waals surface area contributed by atoms with E-state index >= 15 is 0 Å². The highest BCUT2D eigenvalue weighted by molar-refractivity contribution is 7.80. The van der Waals surface area contributed by atoms with E-state index in [9.17, 15) is 9.18 Å². The standard InChI is InChI=1S/C31H32ClFN8O2S2/c1-2-40-18-35-14-22(40)15-41-25-13-26(29(42)38-31(34)44)45-30(25)37-27(41)16-39-10-8-19(9-11-39)24-4-3-5-28(36-24)43-17-20-6-7-21(32)12-23(20)33/h3-7,12-14,18-19H,2,8-11,15-17H2,1H3,(H3,34,38,42,44). The van der Waals surface area contributed by atoms with Crippen molar-refractivity contribution >= 4 is 56.5 Å². The van der Waals surface area contributed by atoms with Crippen molar-refractivity contribution in [1.29, 1.82) is 0 Å². The van der Waals surface area contributed by atoms with E-state index in [-0.39, 0.29) is 23.5 Å². The van der Waals surface area contributed by atoms with E-state index in [2.05, 4.69) is 31.3 Å². The van der Waals surface area contributed by atoms with Crippen molar-refractivity contribution in [2.75, 3.05) is 13.1 Å². The fourth-order valence-electron chi connectivity index (χ4n) is 5.59. The third-order valence-corrected chi connectivity index (χ3v) is 9.31. The van der Waals surface area contributed by atoms with Gasteiger partial charge >= 0.3 is 0 Å². The molecular weight excluding hydrogens is 635 g/mol. The van der Waals surface area contributed by atoms with E-state index in [1.807, 2.05) is 30.7 Å². The summed E-state index contributed by atoms with van der Waals surface area (Å²) < 4.78 is 24.3. The number of thiocarbonyl (C=S) groups is 1. The lowest BCUT2D eigenvalue weighted by molar-refractivity contribution is 0.0981. The summed E-state index contributed by atoms with van der Waals surface area (Å²) in [6, 6.07) is 12.2. The predicted molar refractivity (Wildman–Crippen MR) is 176 cm³/mol. The quantitative estimate of drug-likeness (QED) is 0.188. The maximum Gasteiger partial charge on any atom is 0.267 e. The summed E-state index contributed by atoms with van der Waals surface area (Å²) in [6.45, 7) is 5.97. The molecule has 1 aliphatic heterocycles. The van der Waals surface area contributed by atoms with Gasteiger partial charge in [0.25, 0.3) is 5.91 Å².